The summed E-state index contributed by atoms with van der Waals surface area (Å²) in [7, 11) is 1.74. The molecule has 1 N–H and O–H groups in total. The minimum absolute atomic E-state index is 0.527. The van der Waals surface area contributed by atoms with Crippen molar-refractivity contribution < 1.29 is 4.74 Å². The minimum Gasteiger partial charge on any atom is -0.497 e. The van der Waals surface area contributed by atoms with Crippen molar-refractivity contribution in [2.75, 3.05) is 25.7 Å². The van der Waals surface area contributed by atoms with Crippen LogP contribution >= 0.6 is 11.8 Å². The smallest absolute Gasteiger partial charge is 0.119 e. The average molecular weight is 279 g/mol. The molecule has 0 heterocycles. The number of hydrogen-bond donors (Lipinski definition) is 1. The Morgan fingerprint density at radius 2 is 2.32 bits per heavy atom. The Morgan fingerprint density at radius 1 is 1.47 bits per heavy atom. The van der Waals surface area contributed by atoms with Crippen molar-refractivity contribution in [3.8, 4) is 5.75 Å². The Hall–Kier alpha value is -0.670. The summed E-state index contributed by atoms with van der Waals surface area (Å²) in [6.07, 6.45) is 5.89. The van der Waals surface area contributed by atoms with Gasteiger partial charge in [0.1, 0.15) is 5.75 Å². The summed E-state index contributed by atoms with van der Waals surface area (Å²) in [6.45, 7) is 3.43. The second-order valence-corrected chi connectivity index (χ2v) is 6.39. The number of hydrogen-bond acceptors (Lipinski definition) is 3. The van der Waals surface area contributed by atoms with E-state index in [-0.39, 0.29) is 0 Å². The lowest BCUT2D eigenvalue weighted by Crippen LogP contribution is -2.29. The number of rotatable bonds is 6. The molecule has 2 unspecified atom stereocenters. The molecular formula is C16H25NOS. The summed E-state index contributed by atoms with van der Waals surface area (Å²) >= 11 is 1.93. The molecule has 1 aliphatic carbocycles. The Bertz CT molecular complexity index is 408. The van der Waals surface area contributed by atoms with Crippen molar-refractivity contribution in [2.45, 2.75) is 32.2 Å². The first-order valence-corrected chi connectivity index (χ1v) is 8.53. The van der Waals surface area contributed by atoms with Gasteiger partial charge in [-0.3, -0.25) is 0 Å². The van der Waals surface area contributed by atoms with Gasteiger partial charge < -0.3 is 10.1 Å². The van der Waals surface area contributed by atoms with Gasteiger partial charge in [-0.15, -0.1) is 0 Å². The molecule has 0 aromatic heterocycles. The van der Waals surface area contributed by atoms with E-state index in [2.05, 4.69) is 36.7 Å². The quantitative estimate of drug-likeness (QED) is 0.858. The highest BCUT2D eigenvalue weighted by molar-refractivity contribution is 7.98. The first kappa shape index (κ1) is 14.7. The van der Waals surface area contributed by atoms with Gasteiger partial charge in [0.25, 0.3) is 0 Å². The molecule has 2 rings (SSSR count). The van der Waals surface area contributed by atoms with Gasteiger partial charge in [0.15, 0.2) is 0 Å². The Kier molecular flexibility index (Phi) is 5.59. The molecule has 0 radical (unpaired) electrons. The molecule has 0 fully saturated rings. The zero-order valence-electron chi connectivity index (χ0n) is 12.2. The van der Waals surface area contributed by atoms with Crippen LogP contribution in [0.5, 0.6) is 5.75 Å². The molecule has 0 spiro atoms. The molecule has 0 saturated carbocycles. The molecule has 2 atom stereocenters. The van der Waals surface area contributed by atoms with Crippen LogP contribution in [-0.4, -0.2) is 25.7 Å². The molecule has 0 bridgehead atoms. The molecule has 19 heavy (non-hydrogen) atoms. The summed E-state index contributed by atoms with van der Waals surface area (Å²) in [6, 6.07) is 7.06. The van der Waals surface area contributed by atoms with Crippen LogP contribution in [0.2, 0.25) is 0 Å². The highest BCUT2D eigenvalue weighted by Crippen LogP contribution is 2.32. The monoisotopic (exact) mass is 279 g/mol. The maximum absolute atomic E-state index is 5.32. The lowest BCUT2D eigenvalue weighted by atomic mass is 9.87. The first-order valence-electron chi connectivity index (χ1n) is 7.13. The number of benzene rings is 1. The van der Waals surface area contributed by atoms with Crippen LogP contribution in [0.4, 0.5) is 0 Å². The number of aryl methyl sites for hydroxylation is 1. The molecule has 0 amide bonds. The van der Waals surface area contributed by atoms with Gasteiger partial charge >= 0.3 is 0 Å². The Labute approximate surface area is 121 Å². The van der Waals surface area contributed by atoms with Crippen LogP contribution in [0.1, 0.15) is 36.9 Å². The third kappa shape index (κ3) is 3.90. The van der Waals surface area contributed by atoms with Crippen molar-refractivity contribution in [1.29, 1.82) is 0 Å². The van der Waals surface area contributed by atoms with E-state index in [9.17, 15) is 0 Å². The van der Waals surface area contributed by atoms with Crippen molar-refractivity contribution in [3.05, 3.63) is 29.3 Å². The molecule has 0 saturated heterocycles. The van der Waals surface area contributed by atoms with Crippen molar-refractivity contribution in [3.63, 3.8) is 0 Å². The molecule has 1 aromatic carbocycles. The van der Waals surface area contributed by atoms with Crippen LogP contribution < -0.4 is 10.1 Å². The lowest BCUT2D eigenvalue weighted by molar-refractivity contribution is 0.407. The molecule has 106 valence electrons. The maximum Gasteiger partial charge on any atom is 0.119 e. The molecular weight excluding hydrogens is 254 g/mol. The zero-order valence-corrected chi connectivity index (χ0v) is 13.1. The van der Waals surface area contributed by atoms with Crippen LogP contribution in [-0.2, 0) is 6.42 Å². The Morgan fingerprint density at radius 3 is 3.05 bits per heavy atom. The van der Waals surface area contributed by atoms with E-state index in [1.165, 1.54) is 36.1 Å². The van der Waals surface area contributed by atoms with E-state index in [0.717, 1.165) is 18.2 Å². The van der Waals surface area contributed by atoms with Crippen LogP contribution in [0.25, 0.3) is 0 Å². The Balaban J connectivity index is 2.01. The summed E-state index contributed by atoms with van der Waals surface area (Å²) in [4.78, 5) is 0. The number of fused-ring (bicyclic) bond motifs is 1. The van der Waals surface area contributed by atoms with E-state index >= 15 is 0 Å². The van der Waals surface area contributed by atoms with Gasteiger partial charge in [-0.2, -0.15) is 11.8 Å². The zero-order chi connectivity index (χ0) is 13.7. The molecule has 3 heteroatoms. The predicted molar refractivity (Wildman–Crippen MR) is 84.2 cm³/mol. The summed E-state index contributed by atoms with van der Waals surface area (Å²) in [5.74, 6) is 2.95. The van der Waals surface area contributed by atoms with Crippen molar-refractivity contribution >= 4 is 11.8 Å². The highest BCUT2D eigenvalue weighted by atomic mass is 32.2. The van der Waals surface area contributed by atoms with Gasteiger partial charge in [-0.25, -0.2) is 0 Å². The molecule has 1 aliphatic rings. The fourth-order valence-corrected chi connectivity index (χ4v) is 3.50. The standard InChI is InChI=1S/C16H25NOS/c1-12(11-19-3)10-17-16-6-4-5-13-9-14(18-2)7-8-15(13)16/h7-9,12,16-17H,4-6,10-11H2,1-3H3. The molecule has 1 aromatic rings. The predicted octanol–water partition coefficient (Wildman–Crippen LogP) is 3.66. The highest BCUT2D eigenvalue weighted by Gasteiger charge is 2.20. The van der Waals surface area contributed by atoms with Crippen LogP contribution in [0.3, 0.4) is 0 Å². The summed E-state index contributed by atoms with van der Waals surface area (Å²) in [5, 5.41) is 3.75. The molecule has 2 nitrogen and oxygen atoms in total. The van der Waals surface area contributed by atoms with Crippen molar-refractivity contribution in [2.24, 2.45) is 5.92 Å². The van der Waals surface area contributed by atoms with E-state index in [0.29, 0.717) is 6.04 Å². The number of ether oxygens (including phenoxy) is 1. The van der Waals surface area contributed by atoms with Crippen molar-refractivity contribution in [1.82, 2.24) is 5.32 Å². The van der Waals surface area contributed by atoms with E-state index in [1.807, 2.05) is 11.8 Å². The van der Waals surface area contributed by atoms with E-state index < -0.39 is 0 Å². The summed E-state index contributed by atoms with van der Waals surface area (Å²) < 4.78 is 5.32. The number of nitrogens with one attached hydrogen (secondary N) is 1. The second kappa shape index (κ2) is 7.20. The fraction of sp³-hybridized carbons (Fsp3) is 0.625. The van der Waals surface area contributed by atoms with E-state index in [4.69, 9.17) is 4.74 Å². The normalized spacial score (nSPS) is 19.8. The second-order valence-electron chi connectivity index (χ2n) is 5.48. The van der Waals surface area contributed by atoms with Gasteiger partial charge in [-0.05, 0) is 67.0 Å². The first-order chi connectivity index (χ1) is 9.24. The van der Waals surface area contributed by atoms with Gasteiger partial charge in [0, 0.05) is 6.04 Å². The lowest BCUT2D eigenvalue weighted by Gasteiger charge is -2.28. The number of methoxy groups -OCH3 is 1. The van der Waals surface area contributed by atoms with E-state index in [1.54, 1.807) is 7.11 Å². The number of thioether (sulfide) groups is 1. The van der Waals surface area contributed by atoms with Gasteiger partial charge in [0.05, 0.1) is 7.11 Å². The third-order valence-electron chi connectivity index (χ3n) is 3.83. The molecule has 0 aliphatic heterocycles. The SMILES string of the molecule is COc1ccc2c(c1)CCCC2NCC(C)CSC. The topological polar surface area (TPSA) is 21.3 Å². The fourth-order valence-electron chi connectivity index (χ4n) is 2.82. The minimum atomic E-state index is 0.527. The summed E-state index contributed by atoms with van der Waals surface area (Å²) in [5.41, 5.74) is 2.93. The van der Waals surface area contributed by atoms with Gasteiger partial charge in [-0.1, -0.05) is 13.0 Å². The third-order valence-corrected chi connectivity index (χ3v) is 4.73. The van der Waals surface area contributed by atoms with Gasteiger partial charge in [0.2, 0.25) is 0 Å². The van der Waals surface area contributed by atoms with Crippen LogP contribution in [0, 0.1) is 5.92 Å². The maximum atomic E-state index is 5.32. The average Bonchev–Trinajstić information content (AvgIpc) is 2.44. The largest absolute Gasteiger partial charge is 0.497 e. The van der Waals surface area contributed by atoms with Crippen LogP contribution in [0.15, 0.2) is 18.2 Å².